The first-order chi connectivity index (χ1) is 20.1. The van der Waals surface area contributed by atoms with Gasteiger partial charge in [0, 0.05) is 39.3 Å². The SMILES string of the molecule is CC(C)(C)O[P+](N1CCCC1)(N1CCCC1)N1CCCC1.CN(C)C(OC(C)(C)C)(N(C)C)n1n[n+]([O-])c2ccccc21.[Br-]. The van der Waals surface area contributed by atoms with Crippen LogP contribution in [-0.4, -0.2) is 112 Å². The molecule has 3 aliphatic heterocycles. The molecule has 44 heavy (non-hydrogen) atoms. The van der Waals surface area contributed by atoms with Crippen LogP contribution >= 0.6 is 7.94 Å². The van der Waals surface area contributed by atoms with E-state index in [1.165, 1.54) is 77.8 Å². The Labute approximate surface area is 277 Å². The molecule has 4 heterocycles. The van der Waals surface area contributed by atoms with E-state index >= 15 is 0 Å². The van der Waals surface area contributed by atoms with Crippen molar-refractivity contribution in [2.75, 3.05) is 67.5 Å². The van der Waals surface area contributed by atoms with E-state index in [1.807, 2.05) is 77.0 Å². The summed E-state index contributed by atoms with van der Waals surface area (Å²) >= 11 is 0. The number of benzene rings is 1. The third-order valence-corrected chi connectivity index (χ3v) is 12.3. The van der Waals surface area contributed by atoms with Crippen molar-refractivity contribution in [1.82, 2.24) is 33.7 Å². The summed E-state index contributed by atoms with van der Waals surface area (Å²) in [4.78, 5) is 4.43. The molecule has 5 rings (SSSR count). The van der Waals surface area contributed by atoms with Crippen molar-refractivity contribution in [2.45, 2.75) is 97.2 Å². The molecule has 0 radical (unpaired) electrons. The Kier molecular flexibility index (Phi) is 12.7. The van der Waals surface area contributed by atoms with Crippen molar-refractivity contribution in [3.05, 3.63) is 29.5 Å². The molecule has 0 unspecified atom stereocenters. The lowest BCUT2D eigenvalue weighted by molar-refractivity contribution is -0.649. The van der Waals surface area contributed by atoms with Crippen molar-refractivity contribution >= 4 is 19.0 Å². The van der Waals surface area contributed by atoms with Crippen molar-refractivity contribution in [1.29, 1.82) is 0 Å². The van der Waals surface area contributed by atoms with Crippen LogP contribution in [-0.2, 0) is 15.2 Å². The second-order valence-electron chi connectivity index (χ2n) is 14.4. The minimum atomic E-state index is -1.76. The maximum atomic E-state index is 12.1. The number of ether oxygens (including phenoxy) is 1. The van der Waals surface area contributed by atoms with E-state index in [0.717, 1.165) is 0 Å². The Hall–Kier alpha value is -0.950. The highest BCUT2D eigenvalue weighted by Gasteiger charge is 2.62. The summed E-state index contributed by atoms with van der Waals surface area (Å²) in [7, 11) is 5.84. The molecule has 0 aliphatic carbocycles. The van der Waals surface area contributed by atoms with E-state index < -0.39 is 19.5 Å². The molecule has 0 saturated carbocycles. The van der Waals surface area contributed by atoms with Crippen molar-refractivity contribution in [3.8, 4) is 0 Å². The predicted octanol–water partition coefficient (Wildman–Crippen LogP) is 1.95. The topological polar surface area (TPSA) is 79.4 Å². The summed E-state index contributed by atoms with van der Waals surface area (Å²) < 4.78 is 23.2. The zero-order valence-electron chi connectivity index (χ0n) is 28.9. The number of fused-ring (bicyclic) bond motifs is 1. The van der Waals surface area contributed by atoms with Gasteiger partial charge in [-0.1, -0.05) is 16.8 Å². The van der Waals surface area contributed by atoms with E-state index in [4.69, 9.17) is 9.26 Å². The van der Waals surface area contributed by atoms with E-state index in [9.17, 15) is 5.21 Å². The minimum absolute atomic E-state index is 0. The summed E-state index contributed by atoms with van der Waals surface area (Å²) in [6, 6.07) is 7.32. The Morgan fingerprint density at radius 3 is 1.50 bits per heavy atom. The van der Waals surface area contributed by atoms with Crippen LogP contribution in [0.25, 0.3) is 11.0 Å². The summed E-state index contributed by atoms with van der Waals surface area (Å²) in [5.74, 6) is -1.02. The van der Waals surface area contributed by atoms with Gasteiger partial charge in [-0.15, -0.1) is 18.9 Å². The quantitative estimate of drug-likeness (QED) is 0.178. The largest absolute Gasteiger partial charge is 1.00 e. The lowest BCUT2D eigenvalue weighted by Crippen LogP contribution is -3.00. The fourth-order valence-electron chi connectivity index (χ4n) is 6.57. The number of rotatable bonds is 8. The first-order valence-electron chi connectivity index (χ1n) is 16.1. The van der Waals surface area contributed by atoms with E-state index in [2.05, 4.69) is 40.0 Å². The molecule has 0 atom stereocenters. The van der Waals surface area contributed by atoms with Crippen LogP contribution in [0.5, 0.6) is 0 Å². The minimum Gasteiger partial charge on any atom is -1.00 e. The fraction of sp³-hybridized carbons (Fsp3) is 0.806. The summed E-state index contributed by atoms with van der Waals surface area (Å²) in [5, 5.41) is 16.3. The maximum Gasteiger partial charge on any atom is 0.371 e. The van der Waals surface area contributed by atoms with Gasteiger partial charge in [-0.05, 0) is 120 Å². The number of nitrogens with zero attached hydrogens (tertiary/aromatic N) is 8. The van der Waals surface area contributed by atoms with Gasteiger partial charge in [-0.2, -0.15) is 4.52 Å². The average molecular weight is 702 g/mol. The van der Waals surface area contributed by atoms with E-state index in [-0.39, 0.29) is 22.6 Å². The molecular formula is C31H58BrN8O3P. The molecule has 3 aliphatic rings. The van der Waals surface area contributed by atoms with Gasteiger partial charge in [-0.3, -0.25) is 0 Å². The summed E-state index contributed by atoms with van der Waals surface area (Å²) in [6.07, 6.45) is 8.07. The molecule has 1 aromatic carbocycles. The highest BCUT2D eigenvalue weighted by molar-refractivity contribution is 7.64. The normalized spacial score (nSPS) is 19.6. The first kappa shape index (κ1) is 37.5. The Bertz CT molecular complexity index is 1130. The van der Waals surface area contributed by atoms with E-state index in [0.29, 0.717) is 15.9 Å². The molecule has 0 amide bonds. The predicted molar refractivity (Wildman–Crippen MR) is 175 cm³/mol. The zero-order valence-corrected chi connectivity index (χ0v) is 31.4. The molecular weight excluding hydrogens is 643 g/mol. The van der Waals surface area contributed by atoms with Crippen LogP contribution < -0.4 is 21.8 Å². The number of aromatic nitrogens is 3. The molecule has 0 spiro atoms. The number of hydrogen-bond donors (Lipinski definition) is 0. The standard InChI is InChI=1S/C16H33N3OP.C15H25N5O2.BrH/c1-16(2,3)20-21(17-10-4-5-11-17,18-12-6-7-13-18)19-14-8-9-15-19;1-14(2,3)22-15(17(4)5,18(6)7)19-12-10-8-9-11-13(12)20(21)16-19;/h4-15H2,1-3H3;8-11H,1-7H3;1H/q+1;;/p-1. The van der Waals surface area contributed by atoms with Gasteiger partial charge in [0.25, 0.3) is 0 Å². The smallest absolute Gasteiger partial charge is 0.371 e. The summed E-state index contributed by atoms with van der Waals surface area (Å²) in [6.45, 7) is 20.1. The maximum absolute atomic E-state index is 12.1. The van der Waals surface area contributed by atoms with Gasteiger partial charge in [0.05, 0.1) is 5.60 Å². The second-order valence-corrected chi connectivity index (χ2v) is 17.3. The van der Waals surface area contributed by atoms with Crippen molar-refractivity contribution < 1.29 is 31.1 Å². The third kappa shape index (κ3) is 7.94. The average Bonchev–Trinajstić information content (AvgIpc) is 3.73. The molecule has 0 N–H and O–H groups in total. The molecule has 11 nitrogen and oxygen atoms in total. The Morgan fingerprint density at radius 2 is 1.14 bits per heavy atom. The lowest BCUT2D eigenvalue weighted by Gasteiger charge is -2.44. The van der Waals surface area contributed by atoms with Crippen LogP contribution in [0.3, 0.4) is 0 Å². The highest BCUT2D eigenvalue weighted by Crippen LogP contribution is 2.72. The zero-order chi connectivity index (χ0) is 31.6. The molecule has 3 saturated heterocycles. The number of halogens is 1. The van der Waals surface area contributed by atoms with Gasteiger partial charge in [0.2, 0.25) is 11.0 Å². The Balaban J connectivity index is 0.000000235. The molecule has 3 fully saturated rings. The second kappa shape index (κ2) is 14.9. The van der Waals surface area contributed by atoms with Crippen LogP contribution in [0.2, 0.25) is 0 Å². The molecule has 2 aromatic rings. The fourth-order valence-corrected chi connectivity index (χ4v) is 11.1. The summed E-state index contributed by atoms with van der Waals surface area (Å²) in [5.41, 5.74) is 0.717. The van der Waals surface area contributed by atoms with Gasteiger partial charge >= 0.3 is 13.9 Å². The van der Waals surface area contributed by atoms with Crippen LogP contribution in [0.1, 0.15) is 80.1 Å². The third-order valence-electron chi connectivity index (χ3n) is 8.12. The number of hydrogen-bond acceptors (Lipinski definition) is 9. The first-order valence-corrected chi connectivity index (χ1v) is 17.7. The Morgan fingerprint density at radius 1 is 0.727 bits per heavy atom. The van der Waals surface area contributed by atoms with Gasteiger partial charge in [0.1, 0.15) is 10.8 Å². The number of para-hydroxylation sites is 2. The molecule has 252 valence electrons. The highest BCUT2D eigenvalue weighted by atomic mass is 79.9. The van der Waals surface area contributed by atoms with E-state index in [1.54, 1.807) is 10.7 Å². The van der Waals surface area contributed by atoms with Gasteiger partial charge < -0.3 is 26.9 Å². The van der Waals surface area contributed by atoms with Crippen LogP contribution in [0.15, 0.2) is 24.3 Å². The van der Waals surface area contributed by atoms with Gasteiger partial charge in [0.15, 0.2) is 0 Å². The molecule has 0 bridgehead atoms. The van der Waals surface area contributed by atoms with Crippen LogP contribution in [0.4, 0.5) is 0 Å². The lowest BCUT2D eigenvalue weighted by atomic mass is 10.2. The van der Waals surface area contributed by atoms with Gasteiger partial charge in [-0.25, -0.2) is 9.80 Å². The molecule has 1 aromatic heterocycles. The monoisotopic (exact) mass is 700 g/mol. The molecule has 13 heteroatoms. The van der Waals surface area contributed by atoms with Crippen molar-refractivity contribution in [3.63, 3.8) is 0 Å². The van der Waals surface area contributed by atoms with Crippen molar-refractivity contribution in [2.24, 2.45) is 0 Å². The van der Waals surface area contributed by atoms with Crippen LogP contribution in [0, 0.1) is 5.21 Å².